The van der Waals surface area contributed by atoms with Crippen LogP contribution in [0.5, 0.6) is 0 Å². The quantitative estimate of drug-likeness (QED) is 0.742. The van der Waals surface area contributed by atoms with E-state index < -0.39 is 0 Å². The van der Waals surface area contributed by atoms with E-state index in [1.54, 1.807) is 0 Å². The minimum absolute atomic E-state index is 0.268. The summed E-state index contributed by atoms with van der Waals surface area (Å²) in [5, 5.41) is 0. The van der Waals surface area contributed by atoms with Gasteiger partial charge < -0.3 is 9.64 Å². The molecule has 1 aromatic carbocycles. The first-order valence-electron chi connectivity index (χ1n) is 9.83. The van der Waals surface area contributed by atoms with E-state index in [1.807, 2.05) is 6.92 Å². The number of likely N-dealkylation sites (tertiary alicyclic amines) is 2. The minimum Gasteiger partial charge on any atom is -0.381 e. The van der Waals surface area contributed by atoms with Gasteiger partial charge in [0.05, 0.1) is 13.0 Å². The molecular formula is C21H32N2O2. The molecule has 0 aliphatic carbocycles. The third-order valence-corrected chi connectivity index (χ3v) is 6.01. The molecule has 0 atom stereocenters. The zero-order valence-electron chi connectivity index (χ0n) is 15.6. The van der Waals surface area contributed by atoms with Gasteiger partial charge in [0.25, 0.3) is 0 Å². The Kier molecular flexibility index (Phi) is 6.49. The molecule has 4 nitrogen and oxygen atoms in total. The zero-order valence-corrected chi connectivity index (χ0v) is 15.6. The molecule has 0 unspecified atom stereocenters. The summed E-state index contributed by atoms with van der Waals surface area (Å²) in [4.78, 5) is 16.9. The summed E-state index contributed by atoms with van der Waals surface area (Å²) in [5.74, 6) is 0.268. The molecule has 1 amide bonds. The predicted octanol–water partition coefficient (Wildman–Crippen LogP) is 3.32. The van der Waals surface area contributed by atoms with Crippen molar-refractivity contribution < 1.29 is 9.53 Å². The third-order valence-electron chi connectivity index (χ3n) is 6.01. The molecule has 2 heterocycles. The lowest BCUT2D eigenvalue weighted by Crippen LogP contribution is -2.48. The normalized spacial score (nSPS) is 20.8. The van der Waals surface area contributed by atoms with Crippen LogP contribution in [0.3, 0.4) is 0 Å². The second-order valence-corrected chi connectivity index (χ2v) is 7.59. The first-order valence-corrected chi connectivity index (χ1v) is 9.83. The number of nitrogens with zero attached hydrogens (tertiary/aromatic N) is 2. The number of rotatable bonds is 6. The van der Waals surface area contributed by atoms with Crippen LogP contribution < -0.4 is 0 Å². The molecule has 3 rings (SSSR count). The molecule has 1 aromatic rings. The van der Waals surface area contributed by atoms with Gasteiger partial charge in [-0.25, -0.2) is 0 Å². The number of carbonyl (C=O) groups excluding carboxylic acids is 1. The highest BCUT2D eigenvalue weighted by Gasteiger charge is 2.38. The van der Waals surface area contributed by atoms with Gasteiger partial charge in [-0.1, -0.05) is 30.3 Å². The van der Waals surface area contributed by atoms with Gasteiger partial charge in [-0.2, -0.15) is 0 Å². The summed E-state index contributed by atoms with van der Waals surface area (Å²) in [6.45, 7) is 8.53. The summed E-state index contributed by atoms with van der Waals surface area (Å²) >= 11 is 0. The van der Waals surface area contributed by atoms with Gasteiger partial charge in [0.2, 0.25) is 5.91 Å². The first-order chi connectivity index (χ1) is 12.2. The van der Waals surface area contributed by atoms with Gasteiger partial charge in [0.1, 0.15) is 0 Å². The van der Waals surface area contributed by atoms with E-state index in [0.717, 1.165) is 19.6 Å². The fourth-order valence-corrected chi connectivity index (χ4v) is 4.22. The van der Waals surface area contributed by atoms with E-state index >= 15 is 0 Å². The van der Waals surface area contributed by atoms with E-state index in [0.29, 0.717) is 25.0 Å². The largest absolute Gasteiger partial charge is 0.381 e. The van der Waals surface area contributed by atoms with E-state index in [-0.39, 0.29) is 5.91 Å². The molecule has 2 saturated heterocycles. The average molecular weight is 344 g/mol. The van der Waals surface area contributed by atoms with Crippen molar-refractivity contribution in [1.82, 2.24) is 9.80 Å². The second-order valence-electron chi connectivity index (χ2n) is 7.59. The molecule has 2 aliphatic rings. The lowest BCUT2D eigenvalue weighted by Gasteiger charge is -2.47. The van der Waals surface area contributed by atoms with Crippen molar-refractivity contribution in [1.29, 1.82) is 0 Å². The second kappa shape index (κ2) is 8.81. The topological polar surface area (TPSA) is 32.8 Å². The molecule has 25 heavy (non-hydrogen) atoms. The zero-order chi connectivity index (χ0) is 17.5. The Hall–Kier alpha value is -1.39. The molecule has 2 aliphatic heterocycles. The molecular weight excluding hydrogens is 312 g/mol. The van der Waals surface area contributed by atoms with E-state index in [2.05, 4.69) is 40.1 Å². The number of hydrogen-bond acceptors (Lipinski definition) is 3. The number of piperidine rings is 2. The maximum atomic E-state index is 12.2. The maximum Gasteiger partial charge on any atom is 0.224 e. The van der Waals surface area contributed by atoms with Crippen LogP contribution in [0.25, 0.3) is 0 Å². The standard InChI is InChI=1S/C21H32N2O2/c1-2-25-17-8-20(24)23-15-11-21(12-16-23)9-13-22(14-10-21)18-19-6-4-3-5-7-19/h3-7H,2,8-18H2,1H3. The Morgan fingerprint density at radius 2 is 1.68 bits per heavy atom. The summed E-state index contributed by atoms with van der Waals surface area (Å²) < 4.78 is 5.31. The summed E-state index contributed by atoms with van der Waals surface area (Å²) in [6, 6.07) is 10.8. The van der Waals surface area contributed by atoms with E-state index in [4.69, 9.17) is 4.74 Å². The molecule has 0 saturated carbocycles. The fourth-order valence-electron chi connectivity index (χ4n) is 4.22. The molecule has 1 spiro atoms. The minimum atomic E-state index is 0.268. The number of carbonyl (C=O) groups is 1. The van der Waals surface area contributed by atoms with Crippen molar-refractivity contribution in [3.63, 3.8) is 0 Å². The van der Waals surface area contributed by atoms with Gasteiger partial charge >= 0.3 is 0 Å². The lowest BCUT2D eigenvalue weighted by atomic mass is 9.71. The molecule has 138 valence electrons. The number of ether oxygens (including phenoxy) is 1. The SMILES string of the molecule is CCOCCC(=O)N1CCC2(CCN(Cc3ccccc3)CC2)CC1. The molecule has 0 radical (unpaired) electrons. The van der Waals surface area contributed by atoms with Gasteiger partial charge in [-0.3, -0.25) is 9.69 Å². The van der Waals surface area contributed by atoms with Gasteiger partial charge in [0, 0.05) is 26.2 Å². The van der Waals surface area contributed by atoms with Crippen molar-refractivity contribution in [3.05, 3.63) is 35.9 Å². The Morgan fingerprint density at radius 3 is 2.32 bits per heavy atom. The van der Waals surface area contributed by atoms with E-state index in [9.17, 15) is 4.79 Å². The maximum absolute atomic E-state index is 12.2. The van der Waals surface area contributed by atoms with E-state index in [1.165, 1.54) is 44.3 Å². The van der Waals surface area contributed by atoms with Gasteiger partial charge in [-0.15, -0.1) is 0 Å². The Balaban J connectivity index is 1.41. The van der Waals surface area contributed by atoms with Crippen molar-refractivity contribution in [2.45, 2.75) is 45.6 Å². The summed E-state index contributed by atoms with van der Waals surface area (Å²) in [6.07, 6.45) is 5.44. The highest BCUT2D eigenvalue weighted by Crippen LogP contribution is 2.41. The van der Waals surface area contributed by atoms with Crippen LogP contribution in [0, 0.1) is 5.41 Å². The van der Waals surface area contributed by atoms with Crippen LogP contribution in [-0.4, -0.2) is 55.1 Å². The third kappa shape index (κ3) is 5.05. The van der Waals surface area contributed by atoms with Crippen molar-refractivity contribution >= 4 is 5.91 Å². The molecule has 0 N–H and O–H groups in total. The fraction of sp³-hybridized carbons (Fsp3) is 0.667. The number of benzene rings is 1. The average Bonchev–Trinajstić information content (AvgIpc) is 2.65. The lowest BCUT2D eigenvalue weighted by molar-refractivity contribution is -0.135. The molecule has 4 heteroatoms. The monoisotopic (exact) mass is 344 g/mol. The highest BCUT2D eigenvalue weighted by atomic mass is 16.5. The smallest absolute Gasteiger partial charge is 0.224 e. The van der Waals surface area contributed by atoms with Crippen LogP contribution >= 0.6 is 0 Å². The van der Waals surface area contributed by atoms with Gasteiger partial charge in [0.15, 0.2) is 0 Å². The Morgan fingerprint density at radius 1 is 1.04 bits per heavy atom. The van der Waals surface area contributed by atoms with Crippen molar-refractivity contribution in [2.75, 3.05) is 39.4 Å². The van der Waals surface area contributed by atoms with Crippen molar-refractivity contribution in [3.8, 4) is 0 Å². The Bertz CT molecular complexity index is 528. The number of amides is 1. The van der Waals surface area contributed by atoms with Crippen LogP contribution in [0.2, 0.25) is 0 Å². The van der Waals surface area contributed by atoms with Crippen LogP contribution in [0.15, 0.2) is 30.3 Å². The molecule has 0 bridgehead atoms. The van der Waals surface area contributed by atoms with Crippen molar-refractivity contribution in [2.24, 2.45) is 5.41 Å². The molecule has 0 aromatic heterocycles. The molecule has 2 fully saturated rings. The van der Waals surface area contributed by atoms with Gasteiger partial charge in [-0.05, 0) is 56.7 Å². The Labute approximate surface area is 152 Å². The number of hydrogen-bond donors (Lipinski definition) is 0. The predicted molar refractivity (Wildman–Crippen MR) is 100 cm³/mol. The van der Waals surface area contributed by atoms with Crippen LogP contribution in [0.4, 0.5) is 0 Å². The summed E-state index contributed by atoms with van der Waals surface area (Å²) in [5.41, 5.74) is 1.89. The first kappa shape index (κ1) is 18.4. The van der Waals surface area contributed by atoms with Crippen LogP contribution in [0.1, 0.15) is 44.6 Å². The highest BCUT2D eigenvalue weighted by molar-refractivity contribution is 5.76. The summed E-state index contributed by atoms with van der Waals surface area (Å²) in [7, 11) is 0. The van der Waals surface area contributed by atoms with Crippen LogP contribution in [-0.2, 0) is 16.1 Å².